The molecule has 2 atom stereocenters. The lowest BCUT2D eigenvalue weighted by atomic mass is 10.0. The van der Waals surface area contributed by atoms with E-state index in [1.54, 1.807) is 0 Å². The summed E-state index contributed by atoms with van der Waals surface area (Å²) in [5.41, 5.74) is 1.05. The molecule has 0 bridgehead atoms. The summed E-state index contributed by atoms with van der Waals surface area (Å²) in [4.78, 5) is 14.3. The second kappa shape index (κ2) is 6.34. The van der Waals surface area contributed by atoms with Crippen molar-refractivity contribution in [2.75, 3.05) is 19.8 Å². The van der Waals surface area contributed by atoms with Crippen LogP contribution in [0.15, 0.2) is 22.7 Å². The highest BCUT2D eigenvalue weighted by atomic mass is 79.9. The summed E-state index contributed by atoms with van der Waals surface area (Å²) in [5.74, 6) is 0.839. The molecule has 2 N–H and O–H groups in total. The third-order valence-corrected chi connectivity index (χ3v) is 4.77. The Morgan fingerprint density at radius 1 is 1.43 bits per heavy atom. The predicted molar refractivity (Wildman–Crippen MR) is 82.0 cm³/mol. The lowest BCUT2D eigenvalue weighted by Gasteiger charge is -2.31. The zero-order chi connectivity index (χ0) is 14.8. The number of amides is 1. The molecule has 2 aliphatic rings. The predicted octanol–water partition coefficient (Wildman–Crippen LogP) is 1.80. The molecule has 114 valence electrons. The fourth-order valence-corrected chi connectivity index (χ4v) is 3.67. The first-order valence-corrected chi connectivity index (χ1v) is 8.09. The molecule has 3 rings (SSSR count). The zero-order valence-corrected chi connectivity index (χ0v) is 13.3. The van der Waals surface area contributed by atoms with Gasteiger partial charge in [-0.2, -0.15) is 0 Å². The largest absolute Gasteiger partial charge is 0.491 e. The molecule has 6 heteroatoms. The summed E-state index contributed by atoms with van der Waals surface area (Å²) >= 11 is 3.57. The number of nitrogens with one attached hydrogen (secondary N) is 1. The maximum absolute atomic E-state index is 12.1. The van der Waals surface area contributed by atoms with E-state index in [1.807, 2.05) is 18.2 Å². The van der Waals surface area contributed by atoms with Crippen LogP contribution < -0.4 is 10.1 Å². The van der Waals surface area contributed by atoms with Gasteiger partial charge < -0.3 is 15.2 Å². The quantitative estimate of drug-likeness (QED) is 0.865. The molecular weight excluding hydrogens is 336 g/mol. The van der Waals surface area contributed by atoms with Gasteiger partial charge in [0.15, 0.2) is 0 Å². The van der Waals surface area contributed by atoms with Crippen LogP contribution in [0.3, 0.4) is 0 Å². The average molecular weight is 355 g/mol. The Kier molecular flexibility index (Phi) is 4.47. The van der Waals surface area contributed by atoms with Crippen molar-refractivity contribution in [3.8, 4) is 5.75 Å². The van der Waals surface area contributed by atoms with Gasteiger partial charge in [0.2, 0.25) is 5.91 Å². The Morgan fingerprint density at radius 2 is 2.29 bits per heavy atom. The summed E-state index contributed by atoms with van der Waals surface area (Å²) in [5, 5.41) is 11.9. The van der Waals surface area contributed by atoms with E-state index in [1.165, 1.54) is 0 Å². The van der Waals surface area contributed by atoms with Crippen LogP contribution in [0.2, 0.25) is 0 Å². The van der Waals surface area contributed by atoms with Crippen molar-refractivity contribution >= 4 is 21.8 Å². The third-order valence-electron chi connectivity index (χ3n) is 4.08. The summed E-state index contributed by atoms with van der Waals surface area (Å²) in [6.45, 7) is 1.22. The van der Waals surface area contributed by atoms with Crippen LogP contribution in [0.25, 0.3) is 0 Å². The highest BCUT2D eigenvalue weighted by Gasteiger charge is 2.42. The molecule has 1 aromatic carbocycles. The number of hydrogen-bond donors (Lipinski definition) is 2. The van der Waals surface area contributed by atoms with Gasteiger partial charge in [0, 0.05) is 16.6 Å². The normalized spacial score (nSPS) is 25.5. The molecule has 2 heterocycles. The summed E-state index contributed by atoms with van der Waals surface area (Å²) < 4.78 is 6.31. The van der Waals surface area contributed by atoms with Gasteiger partial charge in [0.1, 0.15) is 18.5 Å². The first kappa shape index (κ1) is 14.8. The SMILES string of the molecule is O=C1NC(c2ccc(OCCO)cc2Br)N2CCCCC12. The van der Waals surface area contributed by atoms with Gasteiger partial charge in [-0.3, -0.25) is 9.69 Å². The van der Waals surface area contributed by atoms with Crippen LogP contribution in [-0.2, 0) is 4.79 Å². The molecule has 1 aromatic rings. The van der Waals surface area contributed by atoms with E-state index in [4.69, 9.17) is 9.84 Å². The van der Waals surface area contributed by atoms with Crippen LogP contribution >= 0.6 is 15.9 Å². The van der Waals surface area contributed by atoms with Gasteiger partial charge >= 0.3 is 0 Å². The number of benzene rings is 1. The highest BCUT2D eigenvalue weighted by Crippen LogP contribution is 2.36. The molecule has 1 amide bonds. The van der Waals surface area contributed by atoms with Crippen molar-refractivity contribution < 1.29 is 14.6 Å². The standard InChI is InChI=1S/C15H19BrN2O3/c16-12-9-10(21-8-7-19)4-5-11(12)14-17-15(20)13-3-1-2-6-18(13)14/h4-5,9,13-14,19H,1-3,6-8H2,(H,17,20). The van der Waals surface area contributed by atoms with Crippen molar-refractivity contribution in [3.63, 3.8) is 0 Å². The number of ether oxygens (including phenoxy) is 1. The molecule has 2 unspecified atom stereocenters. The summed E-state index contributed by atoms with van der Waals surface area (Å²) in [7, 11) is 0. The molecule has 0 aliphatic carbocycles. The molecule has 0 spiro atoms. The number of carbonyl (C=O) groups is 1. The first-order valence-electron chi connectivity index (χ1n) is 7.30. The van der Waals surface area contributed by atoms with Gasteiger partial charge in [-0.25, -0.2) is 0 Å². The zero-order valence-electron chi connectivity index (χ0n) is 11.7. The minimum absolute atomic E-state index is 0.00644. The number of nitrogens with zero attached hydrogens (tertiary/aromatic N) is 1. The van der Waals surface area contributed by atoms with E-state index in [9.17, 15) is 4.79 Å². The fraction of sp³-hybridized carbons (Fsp3) is 0.533. The molecule has 0 radical (unpaired) electrons. The van der Waals surface area contributed by atoms with Crippen molar-refractivity contribution in [3.05, 3.63) is 28.2 Å². The van der Waals surface area contributed by atoms with Crippen LogP contribution in [0, 0.1) is 0 Å². The van der Waals surface area contributed by atoms with Gasteiger partial charge in [0.05, 0.1) is 12.6 Å². The lowest BCUT2D eigenvalue weighted by molar-refractivity contribution is -0.122. The van der Waals surface area contributed by atoms with Crippen LogP contribution in [0.1, 0.15) is 31.0 Å². The average Bonchev–Trinajstić information content (AvgIpc) is 2.83. The molecule has 2 saturated heterocycles. The number of fused-ring (bicyclic) bond motifs is 1. The van der Waals surface area contributed by atoms with Gasteiger partial charge in [0.25, 0.3) is 0 Å². The van der Waals surface area contributed by atoms with Crippen LogP contribution in [-0.4, -0.2) is 41.7 Å². The highest BCUT2D eigenvalue weighted by molar-refractivity contribution is 9.10. The number of rotatable bonds is 4. The minimum Gasteiger partial charge on any atom is -0.491 e. The molecule has 21 heavy (non-hydrogen) atoms. The molecule has 5 nitrogen and oxygen atoms in total. The van der Waals surface area contributed by atoms with E-state index in [0.29, 0.717) is 5.75 Å². The van der Waals surface area contributed by atoms with E-state index in [-0.39, 0.29) is 31.3 Å². The van der Waals surface area contributed by atoms with Gasteiger partial charge in [-0.05, 0) is 25.0 Å². The maximum atomic E-state index is 12.1. The Hall–Kier alpha value is -1.11. The third kappa shape index (κ3) is 2.93. The smallest absolute Gasteiger partial charge is 0.238 e. The van der Waals surface area contributed by atoms with Crippen LogP contribution in [0.4, 0.5) is 0 Å². The second-order valence-corrected chi connectivity index (χ2v) is 6.27. The van der Waals surface area contributed by atoms with Crippen LogP contribution in [0.5, 0.6) is 5.75 Å². The Morgan fingerprint density at radius 3 is 3.05 bits per heavy atom. The topological polar surface area (TPSA) is 61.8 Å². The van der Waals surface area contributed by atoms with E-state index in [0.717, 1.165) is 35.8 Å². The number of halogens is 1. The Labute approximate surface area is 132 Å². The monoisotopic (exact) mass is 354 g/mol. The summed E-state index contributed by atoms with van der Waals surface area (Å²) in [6.07, 6.45) is 3.13. The minimum atomic E-state index is -0.0657. The second-order valence-electron chi connectivity index (χ2n) is 5.42. The molecular formula is C15H19BrN2O3. The Balaban J connectivity index is 1.81. The molecule has 0 aromatic heterocycles. The maximum Gasteiger partial charge on any atom is 0.238 e. The van der Waals surface area contributed by atoms with E-state index in [2.05, 4.69) is 26.1 Å². The molecule has 2 aliphatic heterocycles. The van der Waals surface area contributed by atoms with E-state index < -0.39 is 0 Å². The Bertz CT molecular complexity index is 538. The van der Waals surface area contributed by atoms with E-state index >= 15 is 0 Å². The van der Waals surface area contributed by atoms with Gasteiger partial charge in [-0.1, -0.05) is 28.4 Å². The number of piperidine rings is 1. The van der Waals surface area contributed by atoms with Crippen molar-refractivity contribution in [2.24, 2.45) is 0 Å². The van der Waals surface area contributed by atoms with Crippen molar-refractivity contribution in [1.82, 2.24) is 10.2 Å². The number of carbonyl (C=O) groups excluding carboxylic acids is 1. The molecule has 2 fully saturated rings. The number of hydrogen-bond acceptors (Lipinski definition) is 4. The van der Waals surface area contributed by atoms with Crippen molar-refractivity contribution in [1.29, 1.82) is 0 Å². The fourth-order valence-electron chi connectivity index (χ4n) is 3.10. The van der Waals surface area contributed by atoms with Crippen molar-refractivity contribution in [2.45, 2.75) is 31.5 Å². The van der Waals surface area contributed by atoms with Gasteiger partial charge in [-0.15, -0.1) is 0 Å². The lowest BCUT2D eigenvalue weighted by Crippen LogP contribution is -2.38. The summed E-state index contributed by atoms with van der Waals surface area (Å²) in [6, 6.07) is 5.74. The first-order chi connectivity index (χ1) is 10.2. The number of aliphatic hydroxyl groups excluding tert-OH is 1. The molecule has 0 saturated carbocycles. The number of aliphatic hydroxyl groups is 1.